The summed E-state index contributed by atoms with van der Waals surface area (Å²) >= 11 is 0. The van der Waals surface area contributed by atoms with E-state index in [-0.39, 0.29) is 11.5 Å². The van der Waals surface area contributed by atoms with Crippen LogP contribution >= 0.6 is 0 Å². The number of hydrogen-bond acceptors (Lipinski definition) is 3. The molecule has 1 N–H and O–H groups in total. The first-order valence-corrected chi connectivity index (χ1v) is 4.57. The average Bonchev–Trinajstić information content (AvgIpc) is 2.54. The van der Waals surface area contributed by atoms with Crippen LogP contribution in [-0.4, -0.2) is 18.0 Å². The van der Waals surface area contributed by atoms with Crippen LogP contribution in [-0.2, 0) is 6.42 Å². The zero-order valence-electron chi connectivity index (χ0n) is 8.26. The number of carbonyl (C=O) groups is 1. The van der Waals surface area contributed by atoms with Gasteiger partial charge in [-0.1, -0.05) is 0 Å². The van der Waals surface area contributed by atoms with Crippen LogP contribution in [0.2, 0.25) is 0 Å². The van der Waals surface area contributed by atoms with Crippen molar-refractivity contribution < 1.29 is 14.6 Å². The molecule has 0 atom stereocenters. The smallest absolute Gasteiger partial charge is 0.163 e. The predicted molar refractivity (Wildman–Crippen MR) is 52.0 cm³/mol. The molecule has 0 saturated carbocycles. The van der Waals surface area contributed by atoms with Crippen molar-refractivity contribution in [2.45, 2.75) is 19.8 Å². The number of ether oxygens (including phenoxy) is 1. The lowest BCUT2D eigenvalue weighted by atomic mass is 10.0. The first kappa shape index (κ1) is 9.06. The lowest BCUT2D eigenvalue weighted by Gasteiger charge is -2.10. The van der Waals surface area contributed by atoms with E-state index in [2.05, 4.69) is 0 Å². The lowest BCUT2D eigenvalue weighted by molar-refractivity contribution is 0.0994. The van der Waals surface area contributed by atoms with Crippen molar-refractivity contribution in [1.29, 1.82) is 0 Å². The molecule has 1 aromatic rings. The third-order valence-corrected chi connectivity index (χ3v) is 2.73. The third-order valence-electron chi connectivity index (χ3n) is 2.73. The molecule has 0 heterocycles. The Balaban J connectivity index is 2.68. The summed E-state index contributed by atoms with van der Waals surface area (Å²) in [6.07, 6.45) is 1.14. The topological polar surface area (TPSA) is 46.5 Å². The van der Waals surface area contributed by atoms with Gasteiger partial charge >= 0.3 is 0 Å². The highest BCUT2D eigenvalue weighted by molar-refractivity contribution is 6.01. The second-order valence-electron chi connectivity index (χ2n) is 3.50. The normalized spacial score (nSPS) is 14.3. The van der Waals surface area contributed by atoms with E-state index in [1.54, 1.807) is 13.0 Å². The minimum atomic E-state index is 0.0913. The van der Waals surface area contributed by atoms with E-state index in [1.165, 1.54) is 7.11 Å². The second kappa shape index (κ2) is 3.01. The van der Waals surface area contributed by atoms with Gasteiger partial charge in [-0.05, 0) is 19.4 Å². The summed E-state index contributed by atoms with van der Waals surface area (Å²) < 4.78 is 5.09. The van der Waals surface area contributed by atoms with Gasteiger partial charge in [-0.25, -0.2) is 0 Å². The molecular weight excluding hydrogens is 180 g/mol. The molecule has 0 saturated heterocycles. The lowest BCUT2D eigenvalue weighted by Crippen LogP contribution is -1.96. The fourth-order valence-corrected chi connectivity index (χ4v) is 1.88. The van der Waals surface area contributed by atoms with Crippen molar-refractivity contribution >= 4 is 5.78 Å². The zero-order valence-corrected chi connectivity index (χ0v) is 8.26. The van der Waals surface area contributed by atoms with Crippen LogP contribution in [0.1, 0.15) is 27.9 Å². The van der Waals surface area contributed by atoms with Crippen LogP contribution in [0.4, 0.5) is 0 Å². The maximum absolute atomic E-state index is 11.4. The molecule has 0 spiro atoms. The minimum absolute atomic E-state index is 0.0913. The van der Waals surface area contributed by atoms with E-state index < -0.39 is 0 Å². The molecule has 74 valence electrons. The highest BCUT2D eigenvalue weighted by Gasteiger charge is 2.25. The maximum atomic E-state index is 11.4. The number of carbonyl (C=O) groups excluding carboxylic acids is 1. The molecule has 3 nitrogen and oxygen atoms in total. The summed E-state index contributed by atoms with van der Waals surface area (Å²) in [7, 11) is 1.54. The molecule has 0 radical (unpaired) electrons. The largest absolute Gasteiger partial charge is 0.507 e. The molecule has 1 aliphatic carbocycles. The third kappa shape index (κ3) is 1.09. The van der Waals surface area contributed by atoms with Crippen LogP contribution in [0.25, 0.3) is 0 Å². The Kier molecular flexibility index (Phi) is 1.95. The second-order valence-corrected chi connectivity index (χ2v) is 3.50. The van der Waals surface area contributed by atoms with Gasteiger partial charge in [0.05, 0.1) is 7.11 Å². The van der Waals surface area contributed by atoms with Crippen LogP contribution in [0.15, 0.2) is 6.07 Å². The van der Waals surface area contributed by atoms with Crippen molar-refractivity contribution in [3.05, 3.63) is 22.8 Å². The van der Waals surface area contributed by atoms with Gasteiger partial charge in [0, 0.05) is 23.1 Å². The zero-order chi connectivity index (χ0) is 10.3. The van der Waals surface area contributed by atoms with Crippen LogP contribution in [0, 0.1) is 6.92 Å². The summed E-state index contributed by atoms with van der Waals surface area (Å²) in [4.78, 5) is 11.4. The van der Waals surface area contributed by atoms with Gasteiger partial charge in [-0.3, -0.25) is 4.79 Å². The van der Waals surface area contributed by atoms with E-state index in [0.29, 0.717) is 29.7 Å². The SMILES string of the molecule is COc1cc2c(c(O)c1C)CCC2=O. The number of benzene rings is 1. The first-order chi connectivity index (χ1) is 6.65. The number of phenols is 1. The number of phenolic OH excluding ortho intramolecular Hbond substituents is 1. The highest BCUT2D eigenvalue weighted by Crippen LogP contribution is 2.37. The fraction of sp³-hybridized carbons (Fsp3) is 0.364. The minimum Gasteiger partial charge on any atom is -0.507 e. The van der Waals surface area contributed by atoms with E-state index in [4.69, 9.17) is 4.74 Å². The molecule has 3 heteroatoms. The fourth-order valence-electron chi connectivity index (χ4n) is 1.88. The van der Waals surface area contributed by atoms with Crippen LogP contribution < -0.4 is 4.74 Å². The van der Waals surface area contributed by atoms with Gasteiger partial charge in [0.15, 0.2) is 5.78 Å². The maximum Gasteiger partial charge on any atom is 0.163 e. The van der Waals surface area contributed by atoms with E-state index in [9.17, 15) is 9.90 Å². The number of hydrogen-bond donors (Lipinski definition) is 1. The Morgan fingerprint density at radius 2 is 2.14 bits per heavy atom. The predicted octanol–water partition coefficient (Wildman–Crippen LogP) is 1.84. The number of Topliss-reactive ketones (excluding diaryl/α,β-unsaturated/α-hetero) is 1. The summed E-state index contributed by atoms with van der Waals surface area (Å²) in [5.41, 5.74) is 2.10. The highest BCUT2D eigenvalue weighted by atomic mass is 16.5. The molecule has 14 heavy (non-hydrogen) atoms. The molecule has 1 aromatic carbocycles. The number of fused-ring (bicyclic) bond motifs is 1. The van der Waals surface area contributed by atoms with Crippen molar-refractivity contribution in [2.75, 3.05) is 7.11 Å². The Hall–Kier alpha value is -1.51. The van der Waals surface area contributed by atoms with Crippen molar-refractivity contribution in [2.24, 2.45) is 0 Å². The molecule has 0 unspecified atom stereocenters. The number of ketones is 1. The van der Waals surface area contributed by atoms with E-state index >= 15 is 0 Å². The molecule has 0 bridgehead atoms. The molecular formula is C11H12O3. The monoisotopic (exact) mass is 192 g/mol. The van der Waals surface area contributed by atoms with E-state index in [1.807, 2.05) is 0 Å². The van der Waals surface area contributed by atoms with Gasteiger partial charge in [-0.2, -0.15) is 0 Å². The van der Waals surface area contributed by atoms with Crippen molar-refractivity contribution in [3.8, 4) is 11.5 Å². The Labute approximate surface area is 82.3 Å². The molecule has 1 aliphatic rings. The molecule has 2 rings (SSSR count). The van der Waals surface area contributed by atoms with Crippen LogP contribution in [0.3, 0.4) is 0 Å². The van der Waals surface area contributed by atoms with Crippen molar-refractivity contribution in [1.82, 2.24) is 0 Å². The Morgan fingerprint density at radius 1 is 1.43 bits per heavy atom. The Morgan fingerprint density at radius 3 is 2.79 bits per heavy atom. The Bertz CT molecular complexity index is 407. The first-order valence-electron chi connectivity index (χ1n) is 4.57. The molecule has 0 aliphatic heterocycles. The van der Waals surface area contributed by atoms with Crippen LogP contribution in [0.5, 0.6) is 11.5 Å². The standard InChI is InChI=1S/C11H12O3/c1-6-10(14-2)5-8-7(11(6)13)3-4-9(8)12/h5,13H,3-4H2,1-2H3. The quantitative estimate of drug-likeness (QED) is 0.738. The van der Waals surface area contributed by atoms with Gasteiger partial charge < -0.3 is 9.84 Å². The summed E-state index contributed by atoms with van der Waals surface area (Å²) in [5.74, 6) is 0.885. The van der Waals surface area contributed by atoms with Gasteiger partial charge in [0.1, 0.15) is 11.5 Å². The number of methoxy groups -OCH3 is 1. The number of aromatic hydroxyl groups is 1. The summed E-state index contributed by atoms with van der Waals surface area (Å²) in [6.45, 7) is 1.79. The molecule has 0 aromatic heterocycles. The van der Waals surface area contributed by atoms with Gasteiger partial charge in [0.2, 0.25) is 0 Å². The van der Waals surface area contributed by atoms with E-state index in [0.717, 1.165) is 5.56 Å². The molecule has 0 amide bonds. The van der Waals surface area contributed by atoms with Gasteiger partial charge in [0.25, 0.3) is 0 Å². The van der Waals surface area contributed by atoms with Crippen molar-refractivity contribution in [3.63, 3.8) is 0 Å². The number of rotatable bonds is 1. The summed E-state index contributed by atoms with van der Waals surface area (Å²) in [5, 5.41) is 9.82. The van der Waals surface area contributed by atoms with Gasteiger partial charge in [-0.15, -0.1) is 0 Å². The molecule has 0 fully saturated rings. The average molecular weight is 192 g/mol. The summed E-state index contributed by atoms with van der Waals surface area (Å²) in [6, 6.07) is 1.72.